The Bertz CT molecular complexity index is 1010. The van der Waals surface area contributed by atoms with Crippen LogP contribution in [0.25, 0.3) is 10.9 Å². The van der Waals surface area contributed by atoms with Gasteiger partial charge in [-0.1, -0.05) is 30.3 Å². The molecule has 8 heteroatoms. The van der Waals surface area contributed by atoms with E-state index in [0.29, 0.717) is 11.1 Å². The minimum atomic E-state index is -4.51. The standard InChI is InChI=1S/C20H15F3N2O3/c21-20(22,23)15-7-2-8-16(11-15)25-17(26)12-28-18(27)10-14-5-1-4-13-6-3-9-24-19(13)14/h1-9,11H,10,12H2,(H,25,26). The predicted molar refractivity (Wildman–Crippen MR) is 96.5 cm³/mol. The maximum Gasteiger partial charge on any atom is 0.416 e. The number of para-hydroxylation sites is 1. The molecule has 1 heterocycles. The molecule has 1 amide bonds. The van der Waals surface area contributed by atoms with E-state index in [1.807, 2.05) is 12.1 Å². The van der Waals surface area contributed by atoms with Gasteiger partial charge in [0.25, 0.3) is 5.91 Å². The number of ether oxygens (including phenoxy) is 1. The molecular formula is C20H15F3N2O3. The average molecular weight is 388 g/mol. The summed E-state index contributed by atoms with van der Waals surface area (Å²) in [4.78, 5) is 28.1. The van der Waals surface area contributed by atoms with Gasteiger partial charge >= 0.3 is 12.1 Å². The van der Waals surface area contributed by atoms with Crippen LogP contribution in [0.15, 0.2) is 60.8 Å². The average Bonchev–Trinajstić information content (AvgIpc) is 2.66. The van der Waals surface area contributed by atoms with Gasteiger partial charge < -0.3 is 10.1 Å². The molecule has 1 aromatic heterocycles. The van der Waals surface area contributed by atoms with E-state index >= 15 is 0 Å². The van der Waals surface area contributed by atoms with Crippen LogP contribution in [-0.2, 0) is 26.9 Å². The molecule has 0 bridgehead atoms. The number of anilines is 1. The number of nitrogens with one attached hydrogen (secondary N) is 1. The van der Waals surface area contributed by atoms with Crippen LogP contribution in [0, 0.1) is 0 Å². The molecule has 3 rings (SSSR count). The Labute approximate surface area is 158 Å². The van der Waals surface area contributed by atoms with Gasteiger partial charge in [-0.05, 0) is 29.8 Å². The Morgan fingerprint density at radius 2 is 1.79 bits per heavy atom. The van der Waals surface area contributed by atoms with Crippen LogP contribution in [0.2, 0.25) is 0 Å². The van der Waals surface area contributed by atoms with Crippen molar-refractivity contribution in [1.82, 2.24) is 4.98 Å². The number of esters is 1. The van der Waals surface area contributed by atoms with Gasteiger partial charge in [0, 0.05) is 17.3 Å². The van der Waals surface area contributed by atoms with Crippen LogP contribution in [0.5, 0.6) is 0 Å². The first kappa shape index (κ1) is 19.3. The van der Waals surface area contributed by atoms with Crippen molar-refractivity contribution in [2.75, 3.05) is 11.9 Å². The van der Waals surface area contributed by atoms with Crippen molar-refractivity contribution in [3.63, 3.8) is 0 Å². The quantitative estimate of drug-likeness (QED) is 0.672. The molecule has 0 radical (unpaired) electrons. The maximum atomic E-state index is 12.7. The summed E-state index contributed by atoms with van der Waals surface area (Å²) in [5.74, 6) is -1.37. The van der Waals surface area contributed by atoms with Gasteiger partial charge in [0.1, 0.15) is 0 Å². The van der Waals surface area contributed by atoms with Crippen LogP contribution in [-0.4, -0.2) is 23.5 Å². The summed E-state index contributed by atoms with van der Waals surface area (Å²) in [5, 5.41) is 3.15. The zero-order chi connectivity index (χ0) is 20.1. The third kappa shape index (κ3) is 4.85. The van der Waals surface area contributed by atoms with Crippen molar-refractivity contribution in [3.05, 3.63) is 71.9 Å². The van der Waals surface area contributed by atoms with E-state index in [4.69, 9.17) is 4.74 Å². The highest BCUT2D eigenvalue weighted by Crippen LogP contribution is 2.30. The van der Waals surface area contributed by atoms with Crippen LogP contribution in [0.3, 0.4) is 0 Å². The second-order valence-corrected chi connectivity index (χ2v) is 5.96. The number of alkyl halides is 3. The number of hydrogen-bond donors (Lipinski definition) is 1. The molecule has 0 fully saturated rings. The lowest BCUT2D eigenvalue weighted by Crippen LogP contribution is -2.22. The molecule has 3 aromatic rings. The van der Waals surface area contributed by atoms with Gasteiger partial charge in [0.15, 0.2) is 6.61 Å². The number of fused-ring (bicyclic) bond motifs is 1. The van der Waals surface area contributed by atoms with E-state index in [0.717, 1.165) is 17.5 Å². The number of pyridine rings is 1. The molecule has 2 aromatic carbocycles. The third-order valence-electron chi connectivity index (χ3n) is 3.89. The number of hydrogen-bond acceptors (Lipinski definition) is 4. The van der Waals surface area contributed by atoms with Gasteiger partial charge in [-0.3, -0.25) is 14.6 Å². The van der Waals surface area contributed by atoms with E-state index in [2.05, 4.69) is 10.3 Å². The first-order valence-corrected chi connectivity index (χ1v) is 8.28. The lowest BCUT2D eigenvalue weighted by molar-refractivity contribution is -0.146. The number of aromatic nitrogens is 1. The lowest BCUT2D eigenvalue weighted by Gasteiger charge is -2.10. The third-order valence-corrected chi connectivity index (χ3v) is 3.89. The molecule has 1 N–H and O–H groups in total. The molecule has 0 unspecified atom stereocenters. The second-order valence-electron chi connectivity index (χ2n) is 5.96. The number of benzene rings is 2. The number of carbonyl (C=O) groups excluding carboxylic acids is 2. The fraction of sp³-hybridized carbons (Fsp3) is 0.150. The molecule has 28 heavy (non-hydrogen) atoms. The summed E-state index contributed by atoms with van der Waals surface area (Å²) in [6.07, 6.45) is -2.98. The first-order valence-electron chi connectivity index (χ1n) is 8.28. The van der Waals surface area contributed by atoms with Crippen LogP contribution >= 0.6 is 0 Å². The summed E-state index contributed by atoms with van der Waals surface area (Å²) >= 11 is 0. The maximum absolute atomic E-state index is 12.7. The van der Waals surface area contributed by atoms with Gasteiger partial charge in [0.05, 0.1) is 17.5 Å². The van der Waals surface area contributed by atoms with Crippen molar-refractivity contribution >= 4 is 28.5 Å². The summed E-state index contributed by atoms with van der Waals surface area (Å²) in [7, 11) is 0. The molecule has 0 atom stereocenters. The SMILES string of the molecule is O=C(COC(=O)Cc1cccc2cccnc12)Nc1cccc(C(F)(F)F)c1. The second kappa shape index (κ2) is 8.08. The molecule has 0 aliphatic rings. The first-order chi connectivity index (χ1) is 13.3. The smallest absolute Gasteiger partial charge is 0.416 e. The molecule has 0 aliphatic carbocycles. The highest BCUT2D eigenvalue weighted by molar-refractivity contribution is 5.93. The number of nitrogens with zero attached hydrogens (tertiary/aromatic N) is 1. The van der Waals surface area contributed by atoms with Crippen LogP contribution in [0.1, 0.15) is 11.1 Å². The molecule has 0 aliphatic heterocycles. The minimum Gasteiger partial charge on any atom is -0.455 e. The normalized spacial score (nSPS) is 11.2. The van der Waals surface area contributed by atoms with Crippen molar-refractivity contribution in [1.29, 1.82) is 0 Å². The van der Waals surface area contributed by atoms with E-state index in [1.165, 1.54) is 12.1 Å². The fourth-order valence-electron chi connectivity index (χ4n) is 2.63. The van der Waals surface area contributed by atoms with Gasteiger partial charge in [-0.2, -0.15) is 13.2 Å². The summed E-state index contributed by atoms with van der Waals surface area (Å²) < 4.78 is 43.0. The van der Waals surface area contributed by atoms with E-state index in [9.17, 15) is 22.8 Å². The molecule has 144 valence electrons. The summed E-state index contributed by atoms with van der Waals surface area (Å²) in [6, 6.07) is 13.2. The summed E-state index contributed by atoms with van der Waals surface area (Å²) in [6.45, 7) is -0.604. The molecule has 0 saturated heterocycles. The highest BCUT2D eigenvalue weighted by atomic mass is 19.4. The van der Waals surface area contributed by atoms with E-state index in [1.54, 1.807) is 24.4 Å². The number of halogens is 3. The van der Waals surface area contributed by atoms with Gasteiger partial charge in [0.2, 0.25) is 0 Å². The van der Waals surface area contributed by atoms with Gasteiger partial charge in [-0.25, -0.2) is 0 Å². The minimum absolute atomic E-state index is 0.0332. The zero-order valence-corrected chi connectivity index (χ0v) is 14.5. The Kier molecular flexibility index (Phi) is 5.58. The van der Waals surface area contributed by atoms with Crippen molar-refractivity contribution in [2.45, 2.75) is 12.6 Å². The number of rotatable bonds is 5. The Balaban J connectivity index is 1.57. The van der Waals surface area contributed by atoms with Crippen molar-refractivity contribution < 1.29 is 27.5 Å². The molecule has 0 saturated carbocycles. The monoisotopic (exact) mass is 388 g/mol. The topological polar surface area (TPSA) is 68.3 Å². The Morgan fingerprint density at radius 1 is 1.04 bits per heavy atom. The number of amides is 1. The molecule has 5 nitrogen and oxygen atoms in total. The largest absolute Gasteiger partial charge is 0.455 e. The number of carbonyl (C=O) groups is 2. The lowest BCUT2D eigenvalue weighted by atomic mass is 10.1. The molecule has 0 spiro atoms. The van der Waals surface area contributed by atoms with E-state index in [-0.39, 0.29) is 12.1 Å². The van der Waals surface area contributed by atoms with Crippen molar-refractivity contribution in [2.24, 2.45) is 0 Å². The predicted octanol–water partition coefficient (Wildman–Crippen LogP) is 3.98. The highest BCUT2D eigenvalue weighted by Gasteiger charge is 2.30. The van der Waals surface area contributed by atoms with E-state index < -0.39 is 30.2 Å². The fourth-order valence-corrected chi connectivity index (χ4v) is 2.63. The molecular weight excluding hydrogens is 373 g/mol. The van der Waals surface area contributed by atoms with Crippen LogP contribution in [0.4, 0.5) is 18.9 Å². The summed E-state index contributed by atoms with van der Waals surface area (Å²) in [5.41, 5.74) is 0.400. The Morgan fingerprint density at radius 3 is 2.57 bits per heavy atom. The van der Waals surface area contributed by atoms with Gasteiger partial charge in [-0.15, -0.1) is 0 Å². The Hall–Kier alpha value is -3.42. The van der Waals surface area contributed by atoms with Crippen LogP contribution < -0.4 is 5.32 Å². The van der Waals surface area contributed by atoms with Crippen molar-refractivity contribution in [3.8, 4) is 0 Å². The zero-order valence-electron chi connectivity index (χ0n) is 14.5.